The number of hydrogen-bond donors (Lipinski definition) is 1. The monoisotopic (exact) mass is 213 g/mol. The van der Waals surface area contributed by atoms with Gasteiger partial charge >= 0.3 is 0 Å². The van der Waals surface area contributed by atoms with Crippen LogP contribution in [0, 0.1) is 11.8 Å². The largest absolute Gasteiger partial charge is 0.391 e. The highest BCUT2D eigenvalue weighted by molar-refractivity contribution is 5.78. The van der Waals surface area contributed by atoms with Crippen LogP contribution in [0.5, 0.6) is 0 Å². The van der Waals surface area contributed by atoms with E-state index in [-0.39, 0.29) is 17.9 Å². The van der Waals surface area contributed by atoms with Crippen molar-refractivity contribution in [2.45, 2.75) is 46.1 Å². The van der Waals surface area contributed by atoms with Gasteiger partial charge in [-0.15, -0.1) is 0 Å². The summed E-state index contributed by atoms with van der Waals surface area (Å²) in [6, 6.07) is 0. The molecule has 0 radical (unpaired) electrons. The third-order valence-corrected chi connectivity index (χ3v) is 3.57. The van der Waals surface area contributed by atoms with Crippen LogP contribution in [-0.4, -0.2) is 35.1 Å². The molecular weight excluding hydrogens is 190 g/mol. The van der Waals surface area contributed by atoms with E-state index in [4.69, 9.17) is 0 Å². The molecule has 0 aromatic rings. The van der Waals surface area contributed by atoms with E-state index in [0.717, 1.165) is 25.8 Å². The van der Waals surface area contributed by atoms with E-state index in [9.17, 15) is 9.90 Å². The lowest BCUT2D eigenvalue weighted by molar-refractivity contribution is -0.140. The molecule has 2 unspecified atom stereocenters. The van der Waals surface area contributed by atoms with Gasteiger partial charge in [0.15, 0.2) is 0 Å². The van der Waals surface area contributed by atoms with Crippen molar-refractivity contribution in [1.29, 1.82) is 0 Å². The Hall–Kier alpha value is -0.570. The summed E-state index contributed by atoms with van der Waals surface area (Å²) in [7, 11) is 0. The van der Waals surface area contributed by atoms with Crippen LogP contribution in [0.25, 0.3) is 0 Å². The predicted molar refractivity (Wildman–Crippen MR) is 60.4 cm³/mol. The van der Waals surface area contributed by atoms with E-state index in [1.54, 1.807) is 0 Å². The van der Waals surface area contributed by atoms with Gasteiger partial charge in [0, 0.05) is 19.0 Å². The highest BCUT2D eigenvalue weighted by Crippen LogP contribution is 2.20. The van der Waals surface area contributed by atoms with Crippen molar-refractivity contribution in [2.24, 2.45) is 11.8 Å². The van der Waals surface area contributed by atoms with Crippen LogP contribution < -0.4 is 0 Å². The lowest BCUT2D eigenvalue weighted by atomic mass is 9.94. The van der Waals surface area contributed by atoms with Crippen molar-refractivity contribution in [3.05, 3.63) is 0 Å². The van der Waals surface area contributed by atoms with Crippen molar-refractivity contribution in [2.75, 3.05) is 13.1 Å². The fraction of sp³-hybridized carbons (Fsp3) is 0.917. The van der Waals surface area contributed by atoms with Gasteiger partial charge < -0.3 is 10.0 Å². The molecule has 1 aliphatic heterocycles. The maximum absolute atomic E-state index is 12.0. The molecule has 0 aliphatic carbocycles. The Morgan fingerprint density at radius 1 is 1.47 bits per heavy atom. The van der Waals surface area contributed by atoms with Gasteiger partial charge in [-0.2, -0.15) is 0 Å². The molecule has 0 aromatic carbocycles. The summed E-state index contributed by atoms with van der Waals surface area (Å²) in [5, 5.41) is 9.73. The Morgan fingerprint density at radius 3 is 2.53 bits per heavy atom. The number of rotatable bonds is 3. The molecule has 1 aliphatic rings. The summed E-state index contributed by atoms with van der Waals surface area (Å²) >= 11 is 0. The van der Waals surface area contributed by atoms with Crippen LogP contribution in [-0.2, 0) is 4.79 Å². The third kappa shape index (κ3) is 2.94. The third-order valence-electron chi connectivity index (χ3n) is 3.57. The molecule has 0 spiro atoms. The number of amides is 1. The quantitative estimate of drug-likeness (QED) is 0.774. The lowest BCUT2D eigenvalue weighted by Gasteiger charge is -2.36. The topological polar surface area (TPSA) is 40.5 Å². The molecule has 2 atom stereocenters. The van der Waals surface area contributed by atoms with Crippen LogP contribution in [0.15, 0.2) is 0 Å². The smallest absolute Gasteiger partial charge is 0.225 e. The Labute approximate surface area is 92.5 Å². The van der Waals surface area contributed by atoms with Gasteiger partial charge in [-0.25, -0.2) is 0 Å². The molecule has 1 fully saturated rings. The fourth-order valence-electron chi connectivity index (χ4n) is 2.15. The molecule has 0 aromatic heterocycles. The van der Waals surface area contributed by atoms with Gasteiger partial charge in [-0.05, 0) is 25.2 Å². The molecule has 1 N–H and O–H groups in total. The van der Waals surface area contributed by atoms with Gasteiger partial charge in [0.2, 0.25) is 5.91 Å². The number of carbonyl (C=O) groups is 1. The summed E-state index contributed by atoms with van der Waals surface area (Å²) in [6.45, 7) is 7.48. The zero-order chi connectivity index (χ0) is 11.4. The van der Waals surface area contributed by atoms with Crippen molar-refractivity contribution in [3.8, 4) is 0 Å². The SMILES string of the molecule is CCC(CC)C(=O)N1CCC(C)C(O)C1. The summed E-state index contributed by atoms with van der Waals surface area (Å²) < 4.78 is 0. The Kier molecular flexibility index (Phi) is 4.58. The Morgan fingerprint density at radius 2 is 2.07 bits per heavy atom. The second kappa shape index (κ2) is 5.50. The molecule has 1 amide bonds. The summed E-state index contributed by atoms with van der Waals surface area (Å²) in [6.07, 6.45) is 2.39. The van der Waals surface area contributed by atoms with Crippen LogP contribution in [0.3, 0.4) is 0 Å². The second-order valence-corrected chi connectivity index (χ2v) is 4.63. The highest BCUT2D eigenvalue weighted by Gasteiger charge is 2.29. The fourth-order valence-corrected chi connectivity index (χ4v) is 2.15. The van der Waals surface area contributed by atoms with Crippen LogP contribution in [0.4, 0.5) is 0 Å². The van der Waals surface area contributed by atoms with Crippen LogP contribution in [0.2, 0.25) is 0 Å². The van der Waals surface area contributed by atoms with Gasteiger partial charge in [0.1, 0.15) is 0 Å². The highest BCUT2D eigenvalue weighted by atomic mass is 16.3. The first-order valence-corrected chi connectivity index (χ1v) is 6.06. The van der Waals surface area contributed by atoms with Crippen molar-refractivity contribution < 1.29 is 9.90 Å². The van der Waals surface area contributed by atoms with Gasteiger partial charge in [-0.1, -0.05) is 20.8 Å². The molecule has 15 heavy (non-hydrogen) atoms. The van der Waals surface area contributed by atoms with Crippen molar-refractivity contribution in [3.63, 3.8) is 0 Å². The number of carbonyl (C=O) groups excluding carboxylic acids is 1. The van der Waals surface area contributed by atoms with E-state index in [2.05, 4.69) is 13.8 Å². The molecule has 3 heteroatoms. The first-order chi connectivity index (χ1) is 7.10. The number of hydrogen-bond acceptors (Lipinski definition) is 2. The summed E-state index contributed by atoms with van der Waals surface area (Å²) in [5.41, 5.74) is 0. The minimum atomic E-state index is -0.336. The molecule has 0 bridgehead atoms. The van der Waals surface area contributed by atoms with E-state index in [0.29, 0.717) is 12.5 Å². The number of piperidine rings is 1. The molecule has 1 heterocycles. The second-order valence-electron chi connectivity index (χ2n) is 4.63. The van der Waals surface area contributed by atoms with E-state index in [1.165, 1.54) is 0 Å². The summed E-state index contributed by atoms with van der Waals surface area (Å²) in [4.78, 5) is 13.9. The maximum atomic E-state index is 12.0. The molecule has 1 rings (SSSR count). The Balaban J connectivity index is 2.53. The number of likely N-dealkylation sites (tertiary alicyclic amines) is 1. The number of β-amino-alcohol motifs (C(OH)–C–C–N with tert-alkyl or cyclic N) is 1. The van der Waals surface area contributed by atoms with Crippen LogP contribution in [0.1, 0.15) is 40.0 Å². The molecule has 88 valence electrons. The normalized spacial score (nSPS) is 27.1. The predicted octanol–water partition coefficient (Wildman–Crippen LogP) is 1.65. The lowest BCUT2D eigenvalue weighted by Crippen LogP contribution is -2.47. The average Bonchev–Trinajstić information content (AvgIpc) is 2.23. The van der Waals surface area contributed by atoms with E-state index < -0.39 is 0 Å². The number of aliphatic hydroxyl groups excluding tert-OH is 1. The van der Waals surface area contributed by atoms with Gasteiger partial charge in [-0.3, -0.25) is 4.79 Å². The van der Waals surface area contributed by atoms with E-state index >= 15 is 0 Å². The molecular formula is C12H23NO2. The van der Waals surface area contributed by atoms with Gasteiger partial charge in [0.05, 0.1) is 6.10 Å². The minimum absolute atomic E-state index is 0.144. The molecule has 1 saturated heterocycles. The van der Waals surface area contributed by atoms with Crippen LogP contribution >= 0.6 is 0 Å². The Bertz CT molecular complexity index is 214. The number of nitrogens with zero attached hydrogens (tertiary/aromatic N) is 1. The zero-order valence-electron chi connectivity index (χ0n) is 10.1. The maximum Gasteiger partial charge on any atom is 0.225 e. The van der Waals surface area contributed by atoms with Gasteiger partial charge in [0.25, 0.3) is 0 Å². The standard InChI is InChI=1S/C12H23NO2/c1-4-10(5-2)12(15)13-7-6-9(3)11(14)8-13/h9-11,14H,4-8H2,1-3H3. The van der Waals surface area contributed by atoms with Crippen molar-refractivity contribution >= 4 is 5.91 Å². The molecule has 3 nitrogen and oxygen atoms in total. The van der Waals surface area contributed by atoms with Crippen molar-refractivity contribution in [1.82, 2.24) is 4.90 Å². The minimum Gasteiger partial charge on any atom is -0.391 e. The van der Waals surface area contributed by atoms with E-state index in [1.807, 2.05) is 11.8 Å². The summed E-state index contributed by atoms with van der Waals surface area (Å²) in [5.74, 6) is 0.701. The zero-order valence-corrected chi connectivity index (χ0v) is 10.1. The first-order valence-electron chi connectivity index (χ1n) is 6.06. The average molecular weight is 213 g/mol. The number of aliphatic hydroxyl groups is 1. The first kappa shape index (κ1) is 12.5. The molecule has 0 saturated carbocycles.